The van der Waals surface area contributed by atoms with Crippen molar-refractivity contribution in [2.24, 2.45) is 0 Å². The Kier molecular flexibility index (Phi) is 3.78. The van der Waals surface area contributed by atoms with E-state index in [1.54, 1.807) is 12.1 Å². The number of aromatic carboxylic acids is 1. The number of carboxylic acids is 1. The molecule has 0 aliphatic rings. The second-order valence-electron chi connectivity index (χ2n) is 4.17. The highest BCUT2D eigenvalue weighted by molar-refractivity contribution is 7.90. The lowest BCUT2D eigenvalue weighted by Crippen LogP contribution is -2.00. The van der Waals surface area contributed by atoms with Crippen molar-refractivity contribution in [3.05, 3.63) is 47.2 Å². The zero-order valence-corrected chi connectivity index (χ0v) is 11.9. The second-order valence-corrected chi connectivity index (χ2v) is 6.54. The summed E-state index contributed by atoms with van der Waals surface area (Å²) in [5.74, 6) is -1.19. The van der Waals surface area contributed by atoms with Crippen LogP contribution in [0.3, 0.4) is 0 Å². The molecular formula is C13H10ClNO4S. The predicted octanol–water partition coefficient (Wildman–Crippen LogP) is 2.50. The van der Waals surface area contributed by atoms with Gasteiger partial charge in [-0.1, -0.05) is 23.7 Å². The van der Waals surface area contributed by atoms with Gasteiger partial charge in [0, 0.05) is 18.0 Å². The monoisotopic (exact) mass is 311 g/mol. The molecule has 0 saturated carbocycles. The third-order valence-corrected chi connectivity index (χ3v) is 4.08. The number of rotatable bonds is 3. The highest BCUT2D eigenvalue weighted by atomic mass is 35.5. The Bertz CT molecular complexity index is 787. The van der Waals surface area contributed by atoms with Gasteiger partial charge in [0.15, 0.2) is 9.84 Å². The van der Waals surface area contributed by atoms with Crippen molar-refractivity contribution in [3.63, 3.8) is 0 Å². The third-order valence-electron chi connectivity index (χ3n) is 2.67. The van der Waals surface area contributed by atoms with Crippen molar-refractivity contribution >= 4 is 27.4 Å². The molecule has 0 unspecified atom stereocenters. The van der Waals surface area contributed by atoms with Crippen LogP contribution in [0.25, 0.3) is 11.1 Å². The van der Waals surface area contributed by atoms with E-state index in [1.165, 1.54) is 24.4 Å². The molecule has 1 heterocycles. The van der Waals surface area contributed by atoms with E-state index in [4.69, 9.17) is 16.7 Å². The molecule has 0 amide bonds. The first kappa shape index (κ1) is 14.5. The molecule has 5 nitrogen and oxygen atoms in total. The molecule has 2 rings (SSSR count). The first-order valence-corrected chi connectivity index (χ1v) is 7.75. The molecule has 7 heteroatoms. The minimum atomic E-state index is -3.33. The molecule has 0 saturated heterocycles. The maximum absolute atomic E-state index is 11.5. The van der Waals surface area contributed by atoms with Gasteiger partial charge in [0.05, 0.1) is 10.5 Å². The number of nitrogens with zero attached hydrogens (tertiary/aromatic N) is 1. The lowest BCUT2D eigenvalue weighted by atomic mass is 10.1. The second kappa shape index (κ2) is 5.22. The maximum Gasteiger partial charge on any atom is 0.338 e. The number of carbonyl (C=O) groups is 1. The quantitative estimate of drug-likeness (QED) is 0.880. The highest BCUT2D eigenvalue weighted by Gasteiger charge is 2.13. The molecule has 1 aromatic carbocycles. The Morgan fingerprint density at radius 3 is 2.55 bits per heavy atom. The zero-order valence-electron chi connectivity index (χ0n) is 10.4. The van der Waals surface area contributed by atoms with Crippen molar-refractivity contribution in [3.8, 4) is 11.1 Å². The number of carboxylic acid groups (broad SMARTS) is 1. The van der Waals surface area contributed by atoms with Crippen LogP contribution in [0.2, 0.25) is 5.15 Å². The van der Waals surface area contributed by atoms with Crippen LogP contribution in [-0.2, 0) is 9.84 Å². The summed E-state index contributed by atoms with van der Waals surface area (Å²) in [6, 6.07) is 7.55. The van der Waals surface area contributed by atoms with Gasteiger partial charge in [-0.25, -0.2) is 18.2 Å². The summed E-state index contributed by atoms with van der Waals surface area (Å²) in [6.07, 6.45) is 2.51. The van der Waals surface area contributed by atoms with Gasteiger partial charge in [0.25, 0.3) is 0 Å². The molecular weight excluding hydrogens is 302 g/mol. The topological polar surface area (TPSA) is 84.3 Å². The first-order chi connectivity index (χ1) is 9.29. The van der Waals surface area contributed by atoms with E-state index in [0.717, 1.165) is 6.26 Å². The maximum atomic E-state index is 11.5. The number of halogens is 1. The number of benzene rings is 1. The van der Waals surface area contributed by atoms with E-state index in [2.05, 4.69) is 4.98 Å². The fourth-order valence-corrected chi connectivity index (χ4v) is 2.51. The Morgan fingerprint density at radius 1 is 1.25 bits per heavy atom. The number of pyridine rings is 1. The smallest absolute Gasteiger partial charge is 0.338 e. The van der Waals surface area contributed by atoms with E-state index in [0.29, 0.717) is 11.1 Å². The SMILES string of the molecule is CS(=O)(=O)c1cccc(-c2cnc(Cl)c(C(=O)O)c2)c1. The Balaban J connectivity index is 2.58. The van der Waals surface area contributed by atoms with E-state index in [1.807, 2.05) is 0 Å². The van der Waals surface area contributed by atoms with Crippen molar-refractivity contribution in [1.29, 1.82) is 0 Å². The van der Waals surface area contributed by atoms with Crippen LogP contribution in [0, 0.1) is 0 Å². The normalized spacial score (nSPS) is 11.3. The van der Waals surface area contributed by atoms with Gasteiger partial charge in [-0.3, -0.25) is 0 Å². The summed E-state index contributed by atoms with van der Waals surface area (Å²) in [5.41, 5.74) is 0.908. The van der Waals surface area contributed by atoms with Crippen LogP contribution in [0.4, 0.5) is 0 Å². The van der Waals surface area contributed by atoms with Gasteiger partial charge in [-0.05, 0) is 23.8 Å². The van der Waals surface area contributed by atoms with Gasteiger partial charge in [-0.2, -0.15) is 0 Å². The molecule has 0 aliphatic carbocycles. The molecule has 20 heavy (non-hydrogen) atoms. The molecule has 0 aliphatic heterocycles. The van der Waals surface area contributed by atoms with Crippen LogP contribution >= 0.6 is 11.6 Å². The summed E-state index contributed by atoms with van der Waals surface area (Å²) >= 11 is 5.69. The summed E-state index contributed by atoms with van der Waals surface area (Å²) < 4.78 is 23.0. The highest BCUT2D eigenvalue weighted by Crippen LogP contribution is 2.25. The molecule has 0 bridgehead atoms. The Labute approximate surface area is 120 Å². The molecule has 0 radical (unpaired) electrons. The summed E-state index contributed by atoms with van der Waals surface area (Å²) in [6.45, 7) is 0. The van der Waals surface area contributed by atoms with E-state index < -0.39 is 15.8 Å². The average molecular weight is 312 g/mol. The predicted molar refractivity (Wildman–Crippen MR) is 74.8 cm³/mol. The minimum absolute atomic E-state index is 0.111. The van der Waals surface area contributed by atoms with E-state index in [9.17, 15) is 13.2 Å². The minimum Gasteiger partial charge on any atom is -0.478 e. The fraction of sp³-hybridized carbons (Fsp3) is 0.0769. The molecule has 0 spiro atoms. The standard InChI is InChI=1S/C13H10ClNO4S/c1-20(18,19)10-4-2-3-8(5-10)9-6-11(13(16)17)12(14)15-7-9/h2-7H,1H3,(H,16,17). The third kappa shape index (κ3) is 2.97. The molecule has 0 atom stereocenters. The van der Waals surface area contributed by atoms with Gasteiger partial charge >= 0.3 is 5.97 Å². The number of sulfone groups is 1. The fourth-order valence-electron chi connectivity index (χ4n) is 1.66. The largest absolute Gasteiger partial charge is 0.478 e. The number of aromatic nitrogens is 1. The molecule has 2 aromatic rings. The zero-order chi connectivity index (χ0) is 14.9. The summed E-state index contributed by atoms with van der Waals surface area (Å²) in [7, 11) is -3.33. The molecule has 1 N–H and O–H groups in total. The van der Waals surface area contributed by atoms with Crippen LogP contribution in [0.15, 0.2) is 41.4 Å². The summed E-state index contributed by atoms with van der Waals surface area (Å²) in [5, 5.41) is 8.89. The van der Waals surface area contributed by atoms with Crippen LogP contribution < -0.4 is 0 Å². The van der Waals surface area contributed by atoms with Crippen molar-refractivity contribution in [1.82, 2.24) is 4.98 Å². The van der Waals surface area contributed by atoms with Crippen LogP contribution in [0.5, 0.6) is 0 Å². The van der Waals surface area contributed by atoms with Crippen molar-refractivity contribution < 1.29 is 18.3 Å². The van der Waals surface area contributed by atoms with E-state index in [-0.39, 0.29) is 15.6 Å². The lowest BCUT2D eigenvalue weighted by molar-refractivity contribution is 0.0696. The first-order valence-electron chi connectivity index (χ1n) is 5.48. The van der Waals surface area contributed by atoms with Gasteiger partial charge < -0.3 is 5.11 Å². The van der Waals surface area contributed by atoms with E-state index >= 15 is 0 Å². The van der Waals surface area contributed by atoms with Crippen molar-refractivity contribution in [2.45, 2.75) is 4.90 Å². The van der Waals surface area contributed by atoms with Gasteiger partial charge in [0.1, 0.15) is 5.15 Å². The van der Waals surface area contributed by atoms with Crippen molar-refractivity contribution in [2.75, 3.05) is 6.26 Å². The summed E-state index contributed by atoms with van der Waals surface area (Å²) in [4.78, 5) is 15.0. The average Bonchev–Trinajstić information content (AvgIpc) is 2.38. The number of hydrogen-bond acceptors (Lipinski definition) is 4. The molecule has 104 valence electrons. The number of hydrogen-bond donors (Lipinski definition) is 1. The molecule has 1 aromatic heterocycles. The van der Waals surface area contributed by atoms with Crippen LogP contribution in [-0.4, -0.2) is 30.7 Å². The Hall–Kier alpha value is -1.92. The van der Waals surface area contributed by atoms with Gasteiger partial charge in [0.2, 0.25) is 0 Å². The van der Waals surface area contributed by atoms with Crippen LogP contribution in [0.1, 0.15) is 10.4 Å². The van der Waals surface area contributed by atoms with Gasteiger partial charge in [-0.15, -0.1) is 0 Å². The Morgan fingerprint density at radius 2 is 1.95 bits per heavy atom. The lowest BCUT2D eigenvalue weighted by Gasteiger charge is -2.06. The molecule has 0 fully saturated rings.